The van der Waals surface area contributed by atoms with Crippen molar-refractivity contribution in [3.05, 3.63) is 95.6 Å². The molecule has 0 radical (unpaired) electrons. The fourth-order valence-corrected chi connectivity index (χ4v) is 3.60. The van der Waals surface area contributed by atoms with Crippen LogP contribution in [0.15, 0.2) is 78.9 Å². The first-order chi connectivity index (χ1) is 17.6. The molecular formula is C31H34O5. The predicted molar refractivity (Wildman–Crippen MR) is 143 cm³/mol. The number of carbonyl (C=O) groups excluding carboxylic acids is 2. The fourth-order valence-electron chi connectivity index (χ4n) is 3.60. The van der Waals surface area contributed by atoms with Crippen molar-refractivity contribution < 1.29 is 23.8 Å². The van der Waals surface area contributed by atoms with Crippen molar-refractivity contribution in [2.75, 3.05) is 13.7 Å². The third kappa shape index (κ3) is 8.73. The molecular weight excluding hydrogens is 452 g/mol. The molecule has 0 bridgehead atoms. The van der Waals surface area contributed by atoms with Gasteiger partial charge < -0.3 is 14.2 Å². The van der Waals surface area contributed by atoms with E-state index >= 15 is 0 Å². The quantitative estimate of drug-likeness (QED) is 0.0774. The molecule has 0 N–H and O–H groups in total. The zero-order valence-electron chi connectivity index (χ0n) is 21.1. The van der Waals surface area contributed by atoms with E-state index in [-0.39, 0.29) is 5.78 Å². The predicted octanol–water partition coefficient (Wildman–Crippen LogP) is 7.55. The molecule has 0 aliphatic heterocycles. The number of allylic oxidation sites excluding steroid dienone is 1. The minimum Gasteiger partial charge on any atom is -0.497 e. The summed E-state index contributed by atoms with van der Waals surface area (Å²) in [7, 11) is 1.58. The molecule has 0 amide bonds. The van der Waals surface area contributed by atoms with Crippen molar-refractivity contribution in [3.8, 4) is 17.2 Å². The molecule has 0 aliphatic carbocycles. The van der Waals surface area contributed by atoms with Gasteiger partial charge >= 0.3 is 5.97 Å². The molecule has 0 saturated carbocycles. The van der Waals surface area contributed by atoms with E-state index < -0.39 is 5.97 Å². The van der Waals surface area contributed by atoms with Gasteiger partial charge in [0.05, 0.1) is 19.3 Å². The summed E-state index contributed by atoms with van der Waals surface area (Å²) in [6, 6.07) is 20.9. The van der Waals surface area contributed by atoms with Gasteiger partial charge in [-0.15, -0.1) is 0 Å². The van der Waals surface area contributed by atoms with Gasteiger partial charge in [-0.3, -0.25) is 4.79 Å². The van der Waals surface area contributed by atoms with Crippen LogP contribution >= 0.6 is 0 Å². The summed E-state index contributed by atoms with van der Waals surface area (Å²) >= 11 is 0. The van der Waals surface area contributed by atoms with Crippen molar-refractivity contribution in [2.24, 2.45) is 0 Å². The van der Waals surface area contributed by atoms with Gasteiger partial charge in [0.2, 0.25) is 0 Å². The Bertz CT molecular complexity index is 1110. The second-order valence-electron chi connectivity index (χ2n) is 8.53. The molecule has 3 aromatic carbocycles. The van der Waals surface area contributed by atoms with Gasteiger partial charge in [0.25, 0.3) is 0 Å². The van der Waals surface area contributed by atoms with E-state index in [0.717, 1.165) is 17.7 Å². The van der Waals surface area contributed by atoms with Crippen LogP contribution in [-0.4, -0.2) is 25.5 Å². The highest BCUT2D eigenvalue weighted by Crippen LogP contribution is 2.18. The summed E-state index contributed by atoms with van der Waals surface area (Å²) in [6.07, 6.45) is 10.5. The number of rotatable bonds is 14. The second-order valence-corrected chi connectivity index (χ2v) is 8.53. The highest BCUT2D eigenvalue weighted by Gasteiger charge is 2.09. The molecule has 0 unspecified atom stereocenters. The molecule has 0 saturated heterocycles. The van der Waals surface area contributed by atoms with Crippen LogP contribution in [0.4, 0.5) is 0 Å². The van der Waals surface area contributed by atoms with Gasteiger partial charge in [0, 0.05) is 5.56 Å². The molecule has 0 aliphatic rings. The molecule has 188 valence electrons. The average molecular weight is 487 g/mol. The summed E-state index contributed by atoms with van der Waals surface area (Å²) in [4.78, 5) is 24.8. The van der Waals surface area contributed by atoms with Gasteiger partial charge in [0.15, 0.2) is 5.78 Å². The largest absolute Gasteiger partial charge is 0.497 e. The molecule has 36 heavy (non-hydrogen) atoms. The number of hydrogen-bond donors (Lipinski definition) is 0. The van der Waals surface area contributed by atoms with Crippen LogP contribution in [0, 0.1) is 0 Å². The number of ether oxygens (including phenoxy) is 3. The highest BCUT2D eigenvalue weighted by atomic mass is 16.5. The van der Waals surface area contributed by atoms with Crippen LogP contribution in [0.3, 0.4) is 0 Å². The van der Waals surface area contributed by atoms with E-state index in [9.17, 15) is 9.59 Å². The average Bonchev–Trinajstić information content (AvgIpc) is 2.92. The van der Waals surface area contributed by atoms with E-state index in [2.05, 4.69) is 6.92 Å². The fraction of sp³-hybridized carbons (Fsp3) is 0.290. The van der Waals surface area contributed by atoms with Crippen LogP contribution in [-0.2, 0) is 0 Å². The van der Waals surface area contributed by atoms with Crippen molar-refractivity contribution in [2.45, 2.75) is 45.4 Å². The summed E-state index contributed by atoms with van der Waals surface area (Å²) < 4.78 is 16.4. The first-order valence-corrected chi connectivity index (χ1v) is 12.5. The standard InChI is InChI=1S/C31H34O5/c1-3-4-5-6-7-8-23-35-28-20-14-26(15-21-28)31(33)36-29-16-9-24(10-17-29)11-22-30(32)25-12-18-27(34-2)19-13-25/h9-22H,3-8,23H2,1-2H3/b22-11+. The third-order valence-corrected chi connectivity index (χ3v) is 5.75. The number of methoxy groups -OCH3 is 1. The normalized spacial score (nSPS) is 10.8. The van der Waals surface area contributed by atoms with E-state index in [1.807, 2.05) is 0 Å². The number of benzene rings is 3. The van der Waals surface area contributed by atoms with E-state index in [1.54, 1.807) is 86.0 Å². The Morgan fingerprint density at radius 3 is 1.94 bits per heavy atom. The maximum Gasteiger partial charge on any atom is 0.343 e. The van der Waals surface area contributed by atoms with Gasteiger partial charge in [-0.2, -0.15) is 0 Å². The number of esters is 1. The Hall–Kier alpha value is -3.86. The molecule has 5 nitrogen and oxygen atoms in total. The van der Waals surface area contributed by atoms with Crippen LogP contribution in [0.2, 0.25) is 0 Å². The molecule has 0 spiro atoms. The summed E-state index contributed by atoms with van der Waals surface area (Å²) in [5.74, 6) is 1.35. The zero-order chi connectivity index (χ0) is 25.6. The van der Waals surface area contributed by atoms with Crippen LogP contribution in [0.1, 0.15) is 71.7 Å². The van der Waals surface area contributed by atoms with Crippen LogP contribution < -0.4 is 14.2 Å². The van der Waals surface area contributed by atoms with Crippen molar-refractivity contribution in [1.29, 1.82) is 0 Å². The third-order valence-electron chi connectivity index (χ3n) is 5.75. The number of ketones is 1. The highest BCUT2D eigenvalue weighted by molar-refractivity contribution is 6.06. The molecule has 3 aromatic rings. The van der Waals surface area contributed by atoms with Gasteiger partial charge in [-0.05, 0) is 78.7 Å². The van der Waals surface area contributed by atoms with E-state index in [4.69, 9.17) is 14.2 Å². The Balaban J connectivity index is 1.45. The first-order valence-electron chi connectivity index (χ1n) is 12.5. The molecule has 0 aromatic heterocycles. The van der Waals surface area contributed by atoms with Crippen molar-refractivity contribution in [3.63, 3.8) is 0 Å². The van der Waals surface area contributed by atoms with Crippen LogP contribution in [0.25, 0.3) is 6.08 Å². The minimum absolute atomic E-state index is 0.104. The zero-order valence-corrected chi connectivity index (χ0v) is 21.1. The molecule has 0 fully saturated rings. The SMILES string of the molecule is CCCCCCCCOc1ccc(C(=O)Oc2ccc(/C=C/C(=O)c3ccc(OC)cc3)cc2)cc1. The van der Waals surface area contributed by atoms with Crippen LogP contribution in [0.5, 0.6) is 17.2 Å². The van der Waals surface area contributed by atoms with Crippen molar-refractivity contribution in [1.82, 2.24) is 0 Å². The van der Waals surface area contributed by atoms with E-state index in [0.29, 0.717) is 29.2 Å². The van der Waals surface area contributed by atoms with Crippen molar-refractivity contribution >= 4 is 17.8 Å². The number of unbranched alkanes of at least 4 members (excludes halogenated alkanes) is 5. The minimum atomic E-state index is -0.435. The van der Waals surface area contributed by atoms with Gasteiger partial charge in [-0.1, -0.05) is 57.2 Å². The Kier molecular flexibility index (Phi) is 10.8. The first kappa shape index (κ1) is 26.7. The van der Waals surface area contributed by atoms with Gasteiger partial charge in [0.1, 0.15) is 17.2 Å². The maximum atomic E-state index is 12.5. The van der Waals surface area contributed by atoms with Gasteiger partial charge in [-0.25, -0.2) is 4.79 Å². The Morgan fingerprint density at radius 2 is 1.28 bits per heavy atom. The lowest BCUT2D eigenvalue weighted by Gasteiger charge is -2.08. The summed E-state index contributed by atoms with van der Waals surface area (Å²) in [5, 5.41) is 0. The lowest BCUT2D eigenvalue weighted by atomic mass is 10.1. The Labute approximate surface area is 213 Å². The smallest absolute Gasteiger partial charge is 0.343 e. The topological polar surface area (TPSA) is 61.8 Å². The maximum absolute atomic E-state index is 12.5. The van der Waals surface area contributed by atoms with E-state index in [1.165, 1.54) is 38.2 Å². The number of hydrogen-bond acceptors (Lipinski definition) is 5. The second kappa shape index (κ2) is 14.5. The molecule has 5 heteroatoms. The monoisotopic (exact) mass is 486 g/mol. The summed E-state index contributed by atoms with van der Waals surface area (Å²) in [6.45, 7) is 2.90. The molecule has 0 atom stereocenters. The molecule has 0 heterocycles. The lowest BCUT2D eigenvalue weighted by Crippen LogP contribution is -2.08. The lowest BCUT2D eigenvalue weighted by molar-refractivity contribution is 0.0734. The summed E-state index contributed by atoms with van der Waals surface area (Å²) in [5.41, 5.74) is 1.86. The Morgan fingerprint density at radius 1 is 0.694 bits per heavy atom. The molecule has 3 rings (SSSR count). The number of carbonyl (C=O) groups is 2.